The molecule has 0 saturated heterocycles. The fourth-order valence-corrected chi connectivity index (χ4v) is 7.48. The summed E-state index contributed by atoms with van der Waals surface area (Å²) in [6.07, 6.45) is 33.7. The third kappa shape index (κ3) is 6.01. The summed E-state index contributed by atoms with van der Waals surface area (Å²) in [6, 6.07) is 0. The van der Waals surface area contributed by atoms with Crippen molar-refractivity contribution < 1.29 is 0 Å². The minimum Gasteiger partial charge on any atom is -0.0654 e. The number of hydrogen-bond acceptors (Lipinski definition) is 0. The van der Waals surface area contributed by atoms with Crippen molar-refractivity contribution in [2.45, 2.75) is 155 Å². The first-order valence-corrected chi connectivity index (χ1v) is 13.7. The van der Waals surface area contributed by atoms with Gasteiger partial charge in [0.05, 0.1) is 0 Å². The van der Waals surface area contributed by atoms with Gasteiger partial charge < -0.3 is 0 Å². The molecule has 4 aliphatic carbocycles. The van der Waals surface area contributed by atoms with Gasteiger partial charge in [-0.25, -0.2) is 0 Å². The largest absolute Gasteiger partial charge is 0.0654 e. The average Bonchev–Trinajstić information content (AvgIpc) is 2.75. The molecule has 4 rings (SSSR count). The van der Waals surface area contributed by atoms with Crippen LogP contribution in [0.1, 0.15) is 155 Å². The molecule has 164 valence electrons. The van der Waals surface area contributed by atoms with Crippen LogP contribution in [0.3, 0.4) is 0 Å². The Labute approximate surface area is 178 Å². The third-order valence-corrected chi connectivity index (χ3v) is 9.70. The zero-order valence-electron chi connectivity index (χ0n) is 19.7. The van der Waals surface area contributed by atoms with Crippen molar-refractivity contribution in [3.63, 3.8) is 0 Å². The van der Waals surface area contributed by atoms with Crippen LogP contribution in [0.5, 0.6) is 0 Å². The predicted molar refractivity (Wildman–Crippen MR) is 125 cm³/mol. The first-order valence-electron chi connectivity index (χ1n) is 13.7. The first-order chi connectivity index (χ1) is 13.7. The fourth-order valence-electron chi connectivity index (χ4n) is 7.48. The summed E-state index contributed by atoms with van der Waals surface area (Å²) in [7, 11) is 0. The Morgan fingerprint density at radius 2 is 1.11 bits per heavy atom. The predicted octanol–water partition coefficient (Wildman–Crippen LogP) is 9.85. The van der Waals surface area contributed by atoms with Gasteiger partial charge in [0.15, 0.2) is 0 Å². The monoisotopic (exact) mass is 388 g/mol. The minimum atomic E-state index is 0.795. The molecule has 0 amide bonds. The van der Waals surface area contributed by atoms with E-state index in [1.165, 1.54) is 64.2 Å². The maximum atomic E-state index is 2.33. The van der Waals surface area contributed by atoms with Crippen LogP contribution >= 0.6 is 0 Å². The number of rotatable bonds is 13. The van der Waals surface area contributed by atoms with Crippen molar-refractivity contribution in [2.24, 2.45) is 22.7 Å². The van der Waals surface area contributed by atoms with E-state index >= 15 is 0 Å². The quantitative estimate of drug-likeness (QED) is 0.275. The summed E-state index contributed by atoms with van der Waals surface area (Å²) in [6.45, 7) is 4.66. The van der Waals surface area contributed by atoms with Gasteiger partial charge in [0.1, 0.15) is 0 Å². The molecule has 0 heterocycles. The average molecular weight is 389 g/mol. The van der Waals surface area contributed by atoms with E-state index in [1.54, 1.807) is 77.0 Å². The fraction of sp³-hybridized carbons (Fsp3) is 1.00. The zero-order chi connectivity index (χ0) is 19.7. The summed E-state index contributed by atoms with van der Waals surface area (Å²) >= 11 is 0. The number of fused-ring (bicyclic) bond motifs is 3. The highest BCUT2D eigenvalue weighted by molar-refractivity contribution is 5.02. The van der Waals surface area contributed by atoms with E-state index in [0.717, 1.165) is 22.7 Å². The summed E-state index contributed by atoms with van der Waals surface area (Å²) in [5.41, 5.74) is 1.60. The maximum Gasteiger partial charge on any atom is -0.0269 e. The molecule has 2 bridgehead atoms. The van der Waals surface area contributed by atoms with Gasteiger partial charge in [0.2, 0.25) is 0 Å². The Morgan fingerprint density at radius 1 is 0.571 bits per heavy atom. The van der Waals surface area contributed by atoms with Gasteiger partial charge in [0, 0.05) is 0 Å². The molecule has 0 aliphatic heterocycles. The van der Waals surface area contributed by atoms with Crippen LogP contribution in [0.15, 0.2) is 0 Å². The Bertz CT molecular complexity index is 389. The molecule has 4 saturated carbocycles. The molecule has 0 radical (unpaired) electrons. The Hall–Kier alpha value is 0. The summed E-state index contributed by atoms with van der Waals surface area (Å²) in [5.74, 6) is 2.19. The Kier molecular flexibility index (Phi) is 9.24. The first kappa shape index (κ1) is 22.7. The molecule has 0 aromatic carbocycles. The summed E-state index contributed by atoms with van der Waals surface area (Å²) in [5, 5.41) is 0. The lowest BCUT2D eigenvalue weighted by Gasteiger charge is -2.58. The van der Waals surface area contributed by atoms with Crippen LogP contribution in [-0.4, -0.2) is 0 Å². The zero-order valence-corrected chi connectivity index (χ0v) is 19.7. The van der Waals surface area contributed by atoms with Crippen molar-refractivity contribution in [1.29, 1.82) is 0 Å². The van der Waals surface area contributed by atoms with Crippen molar-refractivity contribution in [2.75, 3.05) is 0 Å². The summed E-state index contributed by atoms with van der Waals surface area (Å²) < 4.78 is 0. The van der Waals surface area contributed by atoms with Crippen molar-refractivity contribution in [3.8, 4) is 0 Å². The van der Waals surface area contributed by atoms with E-state index < -0.39 is 0 Å². The standard InChI is InChI=1S/C28H52/c1-3-5-7-9-11-13-25-14-16-26(17-15-25)28-22-19-27(20-23-28,21-24-28)18-12-10-8-6-4-2/h25-26H,3-24H2,1-2H3/t25-,26-,27?,28?. The van der Waals surface area contributed by atoms with Crippen LogP contribution in [-0.2, 0) is 0 Å². The van der Waals surface area contributed by atoms with Gasteiger partial charge in [-0.2, -0.15) is 0 Å². The lowest BCUT2D eigenvalue weighted by molar-refractivity contribution is -0.0655. The molecular formula is C28H52. The molecule has 0 aromatic rings. The highest BCUT2D eigenvalue weighted by Crippen LogP contribution is 2.63. The van der Waals surface area contributed by atoms with Gasteiger partial charge >= 0.3 is 0 Å². The van der Waals surface area contributed by atoms with E-state index in [4.69, 9.17) is 0 Å². The van der Waals surface area contributed by atoms with Gasteiger partial charge in [-0.3, -0.25) is 0 Å². The topological polar surface area (TPSA) is 0 Å². The van der Waals surface area contributed by atoms with E-state index in [-0.39, 0.29) is 0 Å². The molecule has 4 aliphatic rings. The molecule has 0 atom stereocenters. The van der Waals surface area contributed by atoms with E-state index in [1.807, 2.05) is 0 Å². The normalized spacial score (nSPS) is 35.4. The van der Waals surface area contributed by atoms with E-state index in [2.05, 4.69) is 13.8 Å². The maximum absolute atomic E-state index is 2.33. The molecule has 0 nitrogen and oxygen atoms in total. The van der Waals surface area contributed by atoms with Crippen LogP contribution in [0.25, 0.3) is 0 Å². The third-order valence-electron chi connectivity index (χ3n) is 9.70. The molecule has 0 spiro atoms. The van der Waals surface area contributed by atoms with E-state index in [9.17, 15) is 0 Å². The molecule has 0 unspecified atom stereocenters. The highest BCUT2D eigenvalue weighted by Gasteiger charge is 2.51. The van der Waals surface area contributed by atoms with Crippen molar-refractivity contribution >= 4 is 0 Å². The Morgan fingerprint density at radius 3 is 1.68 bits per heavy atom. The molecule has 0 heteroatoms. The summed E-state index contributed by atoms with van der Waals surface area (Å²) in [4.78, 5) is 0. The van der Waals surface area contributed by atoms with Crippen LogP contribution in [0, 0.1) is 22.7 Å². The Balaban J connectivity index is 1.34. The minimum absolute atomic E-state index is 0.795. The highest BCUT2D eigenvalue weighted by atomic mass is 14.6. The molecule has 0 N–H and O–H groups in total. The SMILES string of the molecule is CCCCCCCC12CCC([C@H]3CC[C@H](CCCCCCC)CC3)(CC1)CC2. The van der Waals surface area contributed by atoms with Gasteiger partial charge in [-0.05, 0) is 80.5 Å². The van der Waals surface area contributed by atoms with Crippen molar-refractivity contribution in [1.82, 2.24) is 0 Å². The molecular weight excluding hydrogens is 336 g/mol. The van der Waals surface area contributed by atoms with E-state index in [0.29, 0.717) is 0 Å². The van der Waals surface area contributed by atoms with Crippen LogP contribution < -0.4 is 0 Å². The van der Waals surface area contributed by atoms with Gasteiger partial charge in [-0.15, -0.1) is 0 Å². The molecule has 4 fully saturated rings. The van der Waals surface area contributed by atoms with Crippen molar-refractivity contribution in [3.05, 3.63) is 0 Å². The van der Waals surface area contributed by atoms with Gasteiger partial charge in [0.25, 0.3) is 0 Å². The lowest BCUT2D eigenvalue weighted by Crippen LogP contribution is -2.46. The van der Waals surface area contributed by atoms with Crippen LogP contribution in [0.4, 0.5) is 0 Å². The van der Waals surface area contributed by atoms with Crippen LogP contribution in [0.2, 0.25) is 0 Å². The number of unbranched alkanes of at least 4 members (excludes halogenated alkanes) is 8. The number of hydrogen-bond donors (Lipinski definition) is 0. The van der Waals surface area contributed by atoms with Gasteiger partial charge in [-0.1, -0.05) is 97.3 Å². The second kappa shape index (κ2) is 11.4. The molecule has 0 aromatic heterocycles. The lowest BCUT2D eigenvalue weighted by atomic mass is 9.47. The smallest absolute Gasteiger partial charge is 0.0269 e. The molecule has 28 heavy (non-hydrogen) atoms. The second-order valence-corrected chi connectivity index (χ2v) is 11.4. The second-order valence-electron chi connectivity index (χ2n) is 11.4.